The van der Waals surface area contributed by atoms with Gasteiger partial charge in [-0.3, -0.25) is 19.5 Å². The summed E-state index contributed by atoms with van der Waals surface area (Å²) in [5.74, 6) is -0.515. The van der Waals surface area contributed by atoms with E-state index in [4.69, 9.17) is 0 Å². The Morgan fingerprint density at radius 2 is 2.04 bits per heavy atom. The Hall–Kier alpha value is -2.15. The number of aromatic hydroxyl groups is 1. The molecule has 4 rings (SSSR count). The molecule has 1 aromatic heterocycles. The lowest BCUT2D eigenvalue weighted by Crippen LogP contribution is -2.42. The van der Waals surface area contributed by atoms with Crippen molar-refractivity contribution in [1.29, 1.82) is 0 Å². The first-order valence-electron chi connectivity index (χ1n) is 8.79. The minimum atomic E-state index is -0.899. The van der Waals surface area contributed by atoms with Crippen LogP contribution >= 0.6 is 0 Å². The number of amides is 1. The summed E-state index contributed by atoms with van der Waals surface area (Å²) in [5, 5.41) is 19.9. The molecule has 2 N–H and O–H groups in total. The molecule has 3 fully saturated rings. The minimum Gasteiger partial charge on any atom is -0.506 e. The third-order valence-electron chi connectivity index (χ3n) is 5.81. The maximum absolute atomic E-state index is 12.3. The van der Waals surface area contributed by atoms with Crippen LogP contribution in [0.4, 0.5) is 0 Å². The molecular weight excluding hydrogens is 322 g/mol. The Labute approximate surface area is 146 Å². The molecule has 3 heterocycles. The molecule has 1 aromatic rings. The zero-order valence-electron chi connectivity index (χ0n) is 14.3. The van der Waals surface area contributed by atoms with Crippen LogP contribution in [0.3, 0.4) is 0 Å². The number of fused-ring (bicyclic) bond motifs is 1. The van der Waals surface area contributed by atoms with Crippen molar-refractivity contribution < 1.29 is 19.8 Å². The Morgan fingerprint density at radius 3 is 2.68 bits per heavy atom. The van der Waals surface area contributed by atoms with Gasteiger partial charge >= 0.3 is 5.97 Å². The van der Waals surface area contributed by atoms with Crippen molar-refractivity contribution in [2.24, 2.45) is 17.3 Å². The molecule has 1 aliphatic carbocycles. The first kappa shape index (κ1) is 16.3. The fraction of sp³-hybridized carbons (Fsp3) is 0.611. The molecule has 7 heteroatoms. The van der Waals surface area contributed by atoms with Crippen LogP contribution in [0.2, 0.25) is 0 Å². The van der Waals surface area contributed by atoms with Gasteiger partial charge in [0.1, 0.15) is 11.2 Å². The predicted molar refractivity (Wildman–Crippen MR) is 88.8 cm³/mol. The number of carbonyl (C=O) groups is 2. The van der Waals surface area contributed by atoms with E-state index in [1.54, 1.807) is 17.0 Å². The van der Waals surface area contributed by atoms with Crippen LogP contribution in [0.1, 0.15) is 24.2 Å². The van der Waals surface area contributed by atoms with Crippen LogP contribution < -0.4 is 0 Å². The number of aryl methyl sites for hydroxylation is 1. The van der Waals surface area contributed by atoms with Crippen LogP contribution in [-0.2, 0) is 16.1 Å². The number of carboxylic acid groups (broad SMARTS) is 1. The van der Waals surface area contributed by atoms with Crippen LogP contribution in [-0.4, -0.2) is 63.1 Å². The van der Waals surface area contributed by atoms with Gasteiger partial charge in [-0.1, -0.05) is 0 Å². The quantitative estimate of drug-likeness (QED) is 0.840. The van der Waals surface area contributed by atoms with Gasteiger partial charge in [-0.25, -0.2) is 0 Å². The second-order valence-corrected chi connectivity index (χ2v) is 7.74. The molecule has 1 amide bonds. The molecule has 0 spiro atoms. The second-order valence-electron chi connectivity index (χ2n) is 7.74. The van der Waals surface area contributed by atoms with Gasteiger partial charge in [-0.2, -0.15) is 0 Å². The molecule has 0 unspecified atom stereocenters. The highest BCUT2D eigenvalue weighted by molar-refractivity contribution is 5.84. The number of aliphatic carboxylic acids is 1. The Morgan fingerprint density at radius 1 is 1.28 bits per heavy atom. The van der Waals surface area contributed by atoms with Gasteiger partial charge in [0.05, 0.1) is 5.69 Å². The number of hydrogen-bond donors (Lipinski definition) is 2. The number of pyridine rings is 1. The van der Waals surface area contributed by atoms with Gasteiger partial charge < -0.3 is 15.1 Å². The van der Waals surface area contributed by atoms with Gasteiger partial charge in [0.2, 0.25) is 5.91 Å². The van der Waals surface area contributed by atoms with E-state index in [-0.39, 0.29) is 23.5 Å². The number of carboxylic acids is 1. The SMILES string of the molecule is Cc1ccc(O)c(CN2C[C@H]3CN(C(=O)C4CC4)C[C@@]3(C(=O)O)C2)n1. The summed E-state index contributed by atoms with van der Waals surface area (Å²) >= 11 is 0. The number of likely N-dealkylation sites (tertiary alicyclic amines) is 2. The summed E-state index contributed by atoms with van der Waals surface area (Å²) < 4.78 is 0. The maximum atomic E-state index is 12.3. The summed E-state index contributed by atoms with van der Waals surface area (Å²) in [6.45, 7) is 4.10. The number of rotatable bonds is 4. The van der Waals surface area contributed by atoms with Crippen LogP contribution in [0, 0.1) is 24.2 Å². The highest BCUT2D eigenvalue weighted by Gasteiger charge is 2.59. The van der Waals surface area contributed by atoms with Crippen LogP contribution in [0.25, 0.3) is 0 Å². The number of carbonyl (C=O) groups excluding carboxylic acids is 1. The molecule has 3 aliphatic rings. The van der Waals surface area contributed by atoms with E-state index in [1.165, 1.54) is 0 Å². The third kappa shape index (κ3) is 2.76. The second kappa shape index (κ2) is 5.69. The fourth-order valence-electron chi connectivity index (χ4n) is 4.28. The van der Waals surface area contributed by atoms with Crippen molar-refractivity contribution >= 4 is 11.9 Å². The molecule has 134 valence electrons. The summed E-state index contributed by atoms with van der Waals surface area (Å²) in [5.41, 5.74) is 0.497. The van der Waals surface area contributed by atoms with Crippen molar-refractivity contribution in [3.63, 3.8) is 0 Å². The molecule has 2 aliphatic heterocycles. The van der Waals surface area contributed by atoms with E-state index < -0.39 is 11.4 Å². The molecule has 2 saturated heterocycles. The average molecular weight is 345 g/mol. The van der Waals surface area contributed by atoms with E-state index in [9.17, 15) is 19.8 Å². The number of aromatic nitrogens is 1. The smallest absolute Gasteiger partial charge is 0.313 e. The largest absolute Gasteiger partial charge is 0.506 e. The van der Waals surface area contributed by atoms with Gasteiger partial charge in [0.15, 0.2) is 0 Å². The first-order valence-corrected chi connectivity index (χ1v) is 8.79. The highest BCUT2D eigenvalue weighted by Crippen LogP contribution is 2.45. The lowest BCUT2D eigenvalue weighted by molar-refractivity contribution is -0.149. The standard InChI is InChI=1S/C18H23N3O4/c1-11-2-5-15(22)14(19-11)8-20-6-13-7-21(16(23)12-3-4-12)10-18(13,9-20)17(24)25/h2,5,12-13,22H,3-4,6-10H2,1H3,(H,24,25)/t13-,18-/m0/s1. The molecule has 1 saturated carbocycles. The van der Waals surface area contributed by atoms with E-state index in [0.717, 1.165) is 18.5 Å². The van der Waals surface area contributed by atoms with Crippen LogP contribution in [0.15, 0.2) is 12.1 Å². The molecule has 0 bridgehead atoms. The molecule has 0 radical (unpaired) electrons. The monoisotopic (exact) mass is 345 g/mol. The van der Waals surface area contributed by atoms with Crippen molar-refractivity contribution in [3.8, 4) is 5.75 Å². The Bertz CT molecular complexity index is 733. The van der Waals surface area contributed by atoms with E-state index >= 15 is 0 Å². The number of hydrogen-bond acceptors (Lipinski definition) is 5. The molecule has 25 heavy (non-hydrogen) atoms. The summed E-state index contributed by atoms with van der Waals surface area (Å²) in [6, 6.07) is 3.37. The van der Waals surface area contributed by atoms with Crippen molar-refractivity contribution in [2.75, 3.05) is 26.2 Å². The normalized spacial score (nSPS) is 29.0. The summed E-state index contributed by atoms with van der Waals surface area (Å²) in [4.78, 5) is 32.6. The van der Waals surface area contributed by atoms with Gasteiger partial charge in [0.25, 0.3) is 0 Å². The highest BCUT2D eigenvalue weighted by atomic mass is 16.4. The van der Waals surface area contributed by atoms with Gasteiger partial charge in [0, 0.05) is 50.3 Å². The van der Waals surface area contributed by atoms with Gasteiger partial charge in [-0.05, 0) is 31.9 Å². The molecule has 7 nitrogen and oxygen atoms in total. The Balaban J connectivity index is 1.50. The molecule has 0 aromatic carbocycles. The zero-order valence-corrected chi connectivity index (χ0v) is 14.3. The predicted octanol–water partition coefficient (Wildman–Crippen LogP) is 0.851. The van der Waals surface area contributed by atoms with E-state index in [1.807, 2.05) is 11.8 Å². The first-order chi connectivity index (χ1) is 11.9. The van der Waals surface area contributed by atoms with Crippen molar-refractivity contribution in [1.82, 2.24) is 14.8 Å². The lowest BCUT2D eigenvalue weighted by Gasteiger charge is -2.25. The van der Waals surface area contributed by atoms with Crippen LogP contribution in [0.5, 0.6) is 5.75 Å². The van der Waals surface area contributed by atoms with Crippen molar-refractivity contribution in [3.05, 3.63) is 23.5 Å². The topological polar surface area (TPSA) is 94.0 Å². The molecular formula is C18H23N3O4. The Kier molecular flexibility index (Phi) is 3.72. The fourth-order valence-corrected chi connectivity index (χ4v) is 4.28. The van der Waals surface area contributed by atoms with Gasteiger partial charge in [-0.15, -0.1) is 0 Å². The summed E-state index contributed by atoms with van der Waals surface area (Å²) in [7, 11) is 0. The maximum Gasteiger partial charge on any atom is 0.313 e. The van der Waals surface area contributed by atoms with E-state index in [2.05, 4.69) is 4.98 Å². The zero-order chi connectivity index (χ0) is 17.8. The third-order valence-corrected chi connectivity index (χ3v) is 5.81. The molecule has 2 atom stereocenters. The minimum absolute atomic E-state index is 0.0698. The number of nitrogens with zero attached hydrogens (tertiary/aromatic N) is 3. The van der Waals surface area contributed by atoms with E-state index in [0.29, 0.717) is 38.4 Å². The summed E-state index contributed by atoms with van der Waals surface area (Å²) in [6.07, 6.45) is 1.87. The van der Waals surface area contributed by atoms with Crippen molar-refractivity contribution in [2.45, 2.75) is 26.3 Å². The average Bonchev–Trinajstić information content (AvgIpc) is 3.25. The lowest BCUT2D eigenvalue weighted by atomic mass is 9.81.